The third-order valence-corrected chi connectivity index (χ3v) is 3.44. The number of aromatic nitrogens is 1. The van der Waals surface area contributed by atoms with Gasteiger partial charge in [-0.25, -0.2) is 0 Å². The second-order valence-corrected chi connectivity index (χ2v) is 4.10. The third kappa shape index (κ3) is 1.09. The van der Waals surface area contributed by atoms with E-state index < -0.39 is 0 Å². The number of hydrogen-bond acceptors (Lipinski definition) is 2. The first-order chi connectivity index (χ1) is 6.45. The smallest absolute Gasteiger partial charge is 0.0392 e. The Morgan fingerprint density at radius 1 is 1.31 bits per heavy atom. The van der Waals surface area contributed by atoms with Crippen molar-refractivity contribution in [3.05, 3.63) is 30.1 Å². The van der Waals surface area contributed by atoms with Gasteiger partial charge in [-0.15, -0.1) is 0 Å². The van der Waals surface area contributed by atoms with E-state index >= 15 is 0 Å². The van der Waals surface area contributed by atoms with E-state index in [-0.39, 0.29) is 0 Å². The molecule has 3 rings (SSSR count). The van der Waals surface area contributed by atoms with Crippen LogP contribution in [-0.2, 0) is 0 Å². The Balaban J connectivity index is 1.94. The molecular weight excluding hydrogens is 160 g/mol. The minimum absolute atomic E-state index is 0.689. The molecule has 1 atom stereocenters. The lowest BCUT2D eigenvalue weighted by Crippen LogP contribution is -2.19. The zero-order chi connectivity index (χ0) is 8.67. The highest BCUT2D eigenvalue weighted by molar-refractivity contribution is 5.18. The molecule has 2 heteroatoms. The Kier molecular flexibility index (Phi) is 1.62. The number of rotatable bonds is 1. The van der Waals surface area contributed by atoms with Crippen LogP contribution in [0.5, 0.6) is 0 Å². The van der Waals surface area contributed by atoms with Crippen molar-refractivity contribution in [1.82, 2.24) is 9.88 Å². The van der Waals surface area contributed by atoms with Crippen molar-refractivity contribution in [1.29, 1.82) is 0 Å². The summed E-state index contributed by atoms with van der Waals surface area (Å²) in [4.78, 5) is 6.80. The highest BCUT2D eigenvalue weighted by Gasteiger charge is 2.40. The van der Waals surface area contributed by atoms with E-state index in [1.54, 1.807) is 0 Å². The lowest BCUT2D eigenvalue weighted by atomic mass is 9.95. The van der Waals surface area contributed by atoms with Gasteiger partial charge in [0.15, 0.2) is 0 Å². The standard InChI is InChI=1S/C11H14N2/c1-2-10(8-12-5-1)11-9-3-6-13(11)7-4-9/h1-2,5,8-9,11H,3-4,6-7H2/t11-/m1/s1. The molecule has 3 heterocycles. The largest absolute Gasteiger partial charge is 0.296 e. The highest BCUT2D eigenvalue weighted by Crippen LogP contribution is 2.44. The van der Waals surface area contributed by atoms with E-state index in [4.69, 9.17) is 0 Å². The maximum Gasteiger partial charge on any atom is 0.0392 e. The van der Waals surface area contributed by atoms with Crippen molar-refractivity contribution < 1.29 is 0 Å². The molecule has 1 aromatic heterocycles. The van der Waals surface area contributed by atoms with Crippen molar-refractivity contribution in [2.75, 3.05) is 13.1 Å². The van der Waals surface area contributed by atoms with Crippen LogP contribution in [0.4, 0.5) is 0 Å². The quantitative estimate of drug-likeness (QED) is 0.646. The predicted molar refractivity (Wildman–Crippen MR) is 51.3 cm³/mol. The van der Waals surface area contributed by atoms with Crippen LogP contribution in [0.1, 0.15) is 24.4 Å². The molecule has 13 heavy (non-hydrogen) atoms. The molecule has 2 fully saturated rings. The molecule has 0 amide bonds. The molecule has 2 nitrogen and oxygen atoms in total. The number of pyridine rings is 1. The topological polar surface area (TPSA) is 16.1 Å². The van der Waals surface area contributed by atoms with Crippen LogP contribution in [0.25, 0.3) is 0 Å². The Bertz CT molecular complexity index is 276. The summed E-state index contributed by atoms with van der Waals surface area (Å²) < 4.78 is 0. The summed E-state index contributed by atoms with van der Waals surface area (Å²) in [6.07, 6.45) is 6.66. The van der Waals surface area contributed by atoms with Crippen molar-refractivity contribution in [3.63, 3.8) is 0 Å². The van der Waals surface area contributed by atoms with Crippen molar-refractivity contribution in [3.8, 4) is 0 Å². The minimum Gasteiger partial charge on any atom is -0.296 e. The summed E-state index contributed by atoms with van der Waals surface area (Å²) in [5, 5.41) is 0. The summed E-state index contributed by atoms with van der Waals surface area (Å²) in [5.74, 6) is 0.907. The maximum absolute atomic E-state index is 4.20. The van der Waals surface area contributed by atoms with Crippen LogP contribution in [0.15, 0.2) is 24.5 Å². The van der Waals surface area contributed by atoms with Gasteiger partial charge in [0.25, 0.3) is 0 Å². The molecule has 2 saturated heterocycles. The van der Waals surface area contributed by atoms with Gasteiger partial charge >= 0.3 is 0 Å². The average molecular weight is 174 g/mol. The zero-order valence-electron chi connectivity index (χ0n) is 7.69. The zero-order valence-corrected chi connectivity index (χ0v) is 7.69. The van der Waals surface area contributed by atoms with Gasteiger partial charge in [-0.05, 0) is 43.5 Å². The Hall–Kier alpha value is -0.890. The molecule has 0 spiro atoms. The molecule has 2 bridgehead atoms. The Labute approximate surface area is 78.6 Å². The average Bonchev–Trinajstić information content (AvgIpc) is 2.78. The number of piperidine rings is 1. The molecule has 0 unspecified atom stereocenters. The summed E-state index contributed by atoms with van der Waals surface area (Å²) in [5.41, 5.74) is 1.42. The lowest BCUT2D eigenvalue weighted by Gasteiger charge is -2.18. The molecule has 1 aromatic rings. The molecule has 2 aliphatic rings. The molecule has 0 radical (unpaired) electrons. The van der Waals surface area contributed by atoms with Crippen LogP contribution in [0, 0.1) is 5.92 Å². The van der Waals surface area contributed by atoms with E-state index in [0.717, 1.165) is 5.92 Å². The van der Waals surface area contributed by atoms with Gasteiger partial charge in [-0.3, -0.25) is 9.88 Å². The summed E-state index contributed by atoms with van der Waals surface area (Å²) in [6, 6.07) is 4.96. The first-order valence-corrected chi connectivity index (χ1v) is 5.09. The van der Waals surface area contributed by atoms with E-state index in [9.17, 15) is 0 Å². The first-order valence-electron chi connectivity index (χ1n) is 5.09. The molecule has 2 aliphatic heterocycles. The van der Waals surface area contributed by atoms with Gasteiger partial charge in [0.1, 0.15) is 0 Å². The highest BCUT2D eigenvalue weighted by atomic mass is 15.2. The van der Waals surface area contributed by atoms with Crippen molar-refractivity contribution in [2.24, 2.45) is 5.92 Å². The van der Waals surface area contributed by atoms with E-state index in [1.807, 2.05) is 18.5 Å². The van der Waals surface area contributed by atoms with Gasteiger partial charge in [-0.2, -0.15) is 0 Å². The summed E-state index contributed by atoms with van der Waals surface area (Å²) in [7, 11) is 0. The van der Waals surface area contributed by atoms with Crippen LogP contribution in [0.3, 0.4) is 0 Å². The number of nitrogens with zero attached hydrogens (tertiary/aromatic N) is 2. The molecule has 0 aromatic carbocycles. The Morgan fingerprint density at radius 2 is 2.15 bits per heavy atom. The van der Waals surface area contributed by atoms with Gasteiger partial charge in [0.2, 0.25) is 0 Å². The third-order valence-electron chi connectivity index (χ3n) is 3.44. The van der Waals surface area contributed by atoms with Gasteiger partial charge in [0.05, 0.1) is 0 Å². The molecule has 0 saturated carbocycles. The minimum atomic E-state index is 0.689. The second-order valence-electron chi connectivity index (χ2n) is 4.10. The fourth-order valence-electron chi connectivity index (χ4n) is 2.85. The fourth-order valence-corrected chi connectivity index (χ4v) is 2.85. The first kappa shape index (κ1) is 7.51. The molecule has 68 valence electrons. The van der Waals surface area contributed by atoms with Crippen molar-refractivity contribution in [2.45, 2.75) is 18.9 Å². The van der Waals surface area contributed by atoms with Crippen LogP contribution in [0.2, 0.25) is 0 Å². The van der Waals surface area contributed by atoms with Gasteiger partial charge in [0, 0.05) is 18.4 Å². The molecule has 0 aliphatic carbocycles. The van der Waals surface area contributed by atoms with Crippen molar-refractivity contribution >= 4 is 0 Å². The van der Waals surface area contributed by atoms with E-state index in [1.165, 1.54) is 31.5 Å². The Morgan fingerprint density at radius 3 is 2.69 bits per heavy atom. The molecular formula is C11H14N2. The van der Waals surface area contributed by atoms with Crippen LogP contribution < -0.4 is 0 Å². The molecule has 0 N–H and O–H groups in total. The van der Waals surface area contributed by atoms with E-state index in [0.29, 0.717) is 6.04 Å². The number of hydrogen-bond donors (Lipinski definition) is 0. The van der Waals surface area contributed by atoms with Gasteiger partial charge < -0.3 is 0 Å². The van der Waals surface area contributed by atoms with Crippen LogP contribution in [-0.4, -0.2) is 23.0 Å². The summed E-state index contributed by atoms with van der Waals surface area (Å²) in [6.45, 7) is 2.59. The maximum atomic E-state index is 4.20. The fraction of sp³-hybridized carbons (Fsp3) is 0.545. The number of fused-ring (bicyclic) bond motifs is 2. The SMILES string of the molecule is c1cncc([C@H]2C3CCN2CC3)c1. The van der Waals surface area contributed by atoms with Gasteiger partial charge in [-0.1, -0.05) is 6.07 Å². The predicted octanol–water partition coefficient (Wildman–Crippen LogP) is 1.85. The van der Waals surface area contributed by atoms with Crippen LogP contribution >= 0.6 is 0 Å². The normalized spacial score (nSPS) is 36.8. The monoisotopic (exact) mass is 174 g/mol. The second kappa shape index (κ2) is 2.81. The lowest BCUT2D eigenvalue weighted by molar-refractivity contribution is 0.304. The summed E-state index contributed by atoms with van der Waals surface area (Å²) >= 11 is 0. The van der Waals surface area contributed by atoms with E-state index in [2.05, 4.69) is 16.0 Å².